The standard InChI is InChI=1S/C21H23FN2O/c1-4-5-12-25-21-9-8-17(13-19(21)22)18-7-6-15(2)20(14-18)24-11-10-16(3)23-24/h6-11,13-14H,4-5,12H2,1-3H3. The highest BCUT2D eigenvalue weighted by molar-refractivity contribution is 5.68. The topological polar surface area (TPSA) is 27.1 Å². The summed E-state index contributed by atoms with van der Waals surface area (Å²) in [6, 6.07) is 13.2. The van der Waals surface area contributed by atoms with Crippen molar-refractivity contribution in [3.8, 4) is 22.6 Å². The second kappa shape index (κ2) is 7.51. The van der Waals surface area contributed by atoms with E-state index in [1.54, 1.807) is 6.07 Å². The molecule has 0 bridgehead atoms. The molecule has 0 atom stereocenters. The van der Waals surface area contributed by atoms with Gasteiger partial charge in [-0.15, -0.1) is 0 Å². The van der Waals surface area contributed by atoms with E-state index in [1.165, 1.54) is 6.07 Å². The third-order valence-electron chi connectivity index (χ3n) is 4.20. The van der Waals surface area contributed by atoms with Crippen molar-refractivity contribution in [1.29, 1.82) is 0 Å². The number of unbranched alkanes of at least 4 members (excludes halogenated alkanes) is 1. The molecule has 2 aromatic carbocycles. The fourth-order valence-electron chi connectivity index (χ4n) is 2.71. The highest BCUT2D eigenvalue weighted by Gasteiger charge is 2.09. The van der Waals surface area contributed by atoms with Crippen LogP contribution in [0, 0.1) is 19.7 Å². The van der Waals surface area contributed by atoms with Crippen molar-refractivity contribution in [3.05, 3.63) is 65.7 Å². The number of ether oxygens (including phenoxy) is 1. The lowest BCUT2D eigenvalue weighted by molar-refractivity contribution is 0.294. The highest BCUT2D eigenvalue weighted by Crippen LogP contribution is 2.28. The van der Waals surface area contributed by atoms with E-state index in [-0.39, 0.29) is 5.82 Å². The van der Waals surface area contributed by atoms with Crippen LogP contribution in [0.5, 0.6) is 5.75 Å². The van der Waals surface area contributed by atoms with Crippen LogP contribution in [0.3, 0.4) is 0 Å². The largest absolute Gasteiger partial charge is 0.491 e. The Morgan fingerprint density at radius 2 is 1.80 bits per heavy atom. The van der Waals surface area contributed by atoms with Crippen LogP contribution in [0.2, 0.25) is 0 Å². The predicted molar refractivity (Wildman–Crippen MR) is 98.8 cm³/mol. The maximum atomic E-state index is 14.3. The van der Waals surface area contributed by atoms with Gasteiger partial charge in [0.05, 0.1) is 18.0 Å². The van der Waals surface area contributed by atoms with Gasteiger partial charge in [-0.25, -0.2) is 9.07 Å². The van der Waals surface area contributed by atoms with Gasteiger partial charge in [-0.05, 0) is 61.2 Å². The summed E-state index contributed by atoms with van der Waals surface area (Å²) in [4.78, 5) is 0. The molecule has 0 saturated carbocycles. The Balaban J connectivity index is 1.90. The molecule has 0 aliphatic carbocycles. The quantitative estimate of drug-likeness (QED) is 0.557. The molecule has 0 unspecified atom stereocenters. The Hall–Kier alpha value is -2.62. The van der Waals surface area contributed by atoms with Crippen molar-refractivity contribution in [2.45, 2.75) is 33.6 Å². The van der Waals surface area contributed by atoms with Crippen LogP contribution in [0.15, 0.2) is 48.7 Å². The zero-order chi connectivity index (χ0) is 17.8. The van der Waals surface area contributed by atoms with Crippen molar-refractivity contribution < 1.29 is 9.13 Å². The molecule has 0 N–H and O–H groups in total. The predicted octanol–water partition coefficient (Wildman–Crippen LogP) is 5.47. The minimum Gasteiger partial charge on any atom is -0.491 e. The maximum Gasteiger partial charge on any atom is 0.165 e. The molecule has 4 heteroatoms. The number of hydrogen-bond acceptors (Lipinski definition) is 2. The summed E-state index contributed by atoms with van der Waals surface area (Å²) >= 11 is 0. The number of nitrogens with zero attached hydrogens (tertiary/aromatic N) is 2. The zero-order valence-corrected chi connectivity index (χ0v) is 14.9. The summed E-state index contributed by atoms with van der Waals surface area (Å²) in [5.41, 5.74) is 4.85. The third-order valence-corrected chi connectivity index (χ3v) is 4.20. The molecule has 0 spiro atoms. The molecule has 0 amide bonds. The highest BCUT2D eigenvalue weighted by atomic mass is 19.1. The number of aromatic nitrogens is 2. The average molecular weight is 338 g/mol. The fraction of sp³-hybridized carbons (Fsp3) is 0.286. The van der Waals surface area contributed by atoms with Crippen molar-refractivity contribution in [3.63, 3.8) is 0 Å². The monoisotopic (exact) mass is 338 g/mol. The number of aryl methyl sites for hydroxylation is 2. The van der Waals surface area contributed by atoms with E-state index in [1.807, 2.05) is 55.1 Å². The molecule has 3 rings (SSSR count). The smallest absolute Gasteiger partial charge is 0.165 e. The summed E-state index contributed by atoms with van der Waals surface area (Å²) in [5, 5.41) is 4.47. The summed E-state index contributed by atoms with van der Waals surface area (Å²) in [5.74, 6) is -0.0158. The normalized spacial score (nSPS) is 10.9. The lowest BCUT2D eigenvalue weighted by atomic mass is 10.0. The van der Waals surface area contributed by atoms with Gasteiger partial charge in [0.15, 0.2) is 11.6 Å². The average Bonchev–Trinajstić information content (AvgIpc) is 3.03. The SMILES string of the molecule is CCCCOc1ccc(-c2ccc(C)c(-n3ccc(C)n3)c2)cc1F. The third kappa shape index (κ3) is 3.90. The zero-order valence-electron chi connectivity index (χ0n) is 14.9. The molecular weight excluding hydrogens is 315 g/mol. The van der Waals surface area contributed by atoms with Crippen LogP contribution in [0.1, 0.15) is 31.0 Å². The Morgan fingerprint density at radius 1 is 1.04 bits per heavy atom. The van der Waals surface area contributed by atoms with Crippen LogP contribution < -0.4 is 4.74 Å². The molecule has 0 saturated heterocycles. The number of hydrogen-bond donors (Lipinski definition) is 0. The summed E-state index contributed by atoms with van der Waals surface area (Å²) in [7, 11) is 0. The van der Waals surface area contributed by atoms with Gasteiger partial charge in [-0.1, -0.05) is 31.5 Å². The minimum absolute atomic E-state index is 0.312. The first kappa shape index (κ1) is 17.2. The van der Waals surface area contributed by atoms with Gasteiger partial charge in [0.1, 0.15) is 0 Å². The van der Waals surface area contributed by atoms with Crippen LogP contribution in [-0.2, 0) is 0 Å². The number of halogens is 1. The lowest BCUT2D eigenvalue weighted by Gasteiger charge is -2.11. The minimum atomic E-state index is -0.328. The summed E-state index contributed by atoms with van der Waals surface area (Å²) < 4.78 is 21.7. The maximum absolute atomic E-state index is 14.3. The Kier molecular flexibility index (Phi) is 5.17. The molecule has 0 aliphatic rings. The molecule has 1 aromatic heterocycles. The van der Waals surface area contributed by atoms with Gasteiger partial charge in [0, 0.05) is 6.20 Å². The Bertz CT molecular complexity index is 870. The molecule has 0 aliphatic heterocycles. The molecule has 0 radical (unpaired) electrons. The van der Waals surface area contributed by atoms with Gasteiger partial charge in [0.2, 0.25) is 0 Å². The van der Waals surface area contributed by atoms with E-state index in [0.717, 1.165) is 40.9 Å². The first-order valence-electron chi connectivity index (χ1n) is 8.64. The van der Waals surface area contributed by atoms with Gasteiger partial charge >= 0.3 is 0 Å². The summed E-state index contributed by atoms with van der Waals surface area (Å²) in [6.45, 7) is 6.63. The van der Waals surface area contributed by atoms with E-state index in [0.29, 0.717) is 12.4 Å². The molecular formula is C21H23FN2O. The Morgan fingerprint density at radius 3 is 2.48 bits per heavy atom. The number of benzene rings is 2. The second-order valence-corrected chi connectivity index (χ2v) is 6.25. The molecule has 25 heavy (non-hydrogen) atoms. The van der Waals surface area contributed by atoms with Gasteiger partial charge in [-0.3, -0.25) is 0 Å². The molecule has 3 aromatic rings. The van der Waals surface area contributed by atoms with E-state index >= 15 is 0 Å². The van der Waals surface area contributed by atoms with Crippen molar-refractivity contribution in [1.82, 2.24) is 9.78 Å². The molecule has 1 heterocycles. The van der Waals surface area contributed by atoms with E-state index < -0.39 is 0 Å². The van der Waals surface area contributed by atoms with Crippen molar-refractivity contribution in [2.24, 2.45) is 0 Å². The lowest BCUT2D eigenvalue weighted by Crippen LogP contribution is -2.00. The van der Waals surface area contributed by atoms with Crippen molar-refractivity contribution in [2.75, 3.05) is 6.61 Å². The number of rotatable bonds is 6. The first-order valence-corrected chi connectivity index (χ1v) is 8.64. The van der Waals surface area contributed by atoms with Crippen LogP contribution in [0.25, 0.3) is 16.8 Å². The second-order valence-electron chi connectivity index (χ2n) is 6.25. The molecule has 130 valence electrons. The van der Waals surface area contributed by atoms with E-state index in [4.69, 9.17) is 4.74 Å². The van der Waals surface area contributed by atoms with Crippen LogP contribution >= 0.6 is 0 Å². The van der Waals surface area contributed by atoms with Gasteiger partial charge in [-0.2, -0.15) is 5.10 Å². The van der Waals surface area contributed by atoms with Crippen LogP contribution in [-0.4, -0.2) is 16.4 Å². The summed E-state index contributed by atoms with van der Waals surface area (Å²) in [6.07, 6.45) is 3.89. The molecule has 3 nitrogen and oxygen atoms in total. The first-order chi connectivity index (χ1) is 12.1. The van der Waals surface area contributed by atoms with Gasteiger partial charge < -0.3 is 4.74 Å². The Labute approximate surface area is 148 Å². The van der Waals surface area contributed by atoms with Crippen LogP contribution in [0.4, 0.5) is 4.39 Å². The van der Waals surface area contributed by atoms with Gasteiger partial charge in [0.25, 0.3) is 0 Å². The van der Waals surface area contributed by atoms with E-state index in [2.05, 4.69) is 12.0 Å². The van der Waals surface area contributed by atoms with Crippen molar-refractivity contribution >= 4 is 0 Å². The fourth-order valence-corrected chi connectivity index (χ4v) is 2.71. The molecule has 0 fully saturated rings. The van der Waals surface area contributed by atoms with E-state index in [9.17, 15) is 4.39 Å².